The van der Waals surface area contributed by atoms with Crippen LogP contribution in [0.2, 0.25) is 0 Å². The molecule has 0 amide bonds. The van der Waals surface area contributed by atoms with Gasteiger partial charge < -0.3 is 9.47 Å². The highest BCUT2D eigenvalue weighted by Crippen LogP contribution is 2.34. The maximum absolute atomic E-state index is 13.6. The molecule has 1 N–H and O–H groups in total. The van der Waals surface area contributed by atoms with Crippen molar-refractivity contribution in [2.75, 3.05) is 7.11 Å². The number of hydrogen-bond acceptors (Lipinski definition) is 6. The van der Waals surface area contributed by atoms with Gasteiger partial charge in [0.25, 0.3) is 0 Å². The number of esters is 1. The number of methoxy groups -OCH3 is 1. The SMILES string of the molecule is COC(=O)c1ccc(S(=O)(=O)NC(c2ccc(OC(F)(F)F)cc2)c2nc(Br)c3ccccc3c2C)cc1C. The Balaban J connectivity index is 1.83. The van der Waals surface area contributed by atoms with Gasteiger partial charge in [0, 0.05) is 5.39 Å². The van der Waals surface area contributed by atoms with Gasteiger partial charge in [-0.1, -0.05) is 36.4 Å². The normalized spacial score (nSPS) is 12.8. The molecule has 0 fully saturated rings. The van der Waals surface area contributed by atoms with Crippen molar-refractivity contribution in [2.45, 2.75) is 31.1 Å². The topological polar surface area (TPSA) is 94.6 Å². The lowest BCUT2D eigenvalue weighted by atomic mass is 9.97. The minimum atomic E-state index is -4.88. The van der Waals surface area contributed by atoms with Gasteiger partial charge in [0.15, 0.2) is 0 Å². The summed E-state index contributed by atoms with van der Waals surface area (Å²) >= 11 is 3.45. The van der Waals surface area contributed by atoms with Gasteiger partial charge in [0.05, 0.1) is 29.3 Å². The molecule has 0 aliphatic carbocycles. The van der Waals surface area contributed by atoms with E-state index in [4.69, 9.17) is 4.74 Å². The molecule has 4 aromatic rings. The van der Waals surface area contributed by atoms with Gasteiger partial charge in [-0.25, -0.2) is 18.2 Å². The molecule has 0 radical (unpaired) electrons. The molecule has 0 saturated heterocycles. The molecule has 1 heterocycles. The Bertz CT molecular complexity index is 1660. The van der Waals surface area contributed by atoms with Crippen molar-refractivity contribution >= 4 is 42.7 Å². The van der Waals surface area contributed by atoms with Gasteiger partial charge in [0.1, 0.15) is 10.4 Å². The van der Waals surface area contributed by atoms with Crippen molar-refractivity contribution < 1.29 is 35.9 Å². The fourth-order valence-corrected chi connectivity index (χ4v) is 5.98. The van der Waals surface area contributed by atoms with Crippen molar-refractivity contribution in [3.05, 3.63) is 99.3 Å². The van der Waals surface area contributed by atoms with Crippen molar-refractivity contribution in [3.8, 4) is 5.75 Å². The number of fused-ring (bicyclic) bond motifs is 1. The van der Waals surface area contributed by atoms with E-state index in [0.717, 1.165) is 22.9 Å². The number of rotatable bonds is 7. The number of nitrogens with zero attached hydrogens (tertiary/aromatic N) is 1. The quantitative estimate of drug-likeness (QED) is 0.190. The highest BCUT2D eigenvalue weighted by molar-refractivity contribution is 9.10. The molecular weight excluding hydrogens is 601 g/mol. The van der Waals surface area contributed by atoms with E-state index >= 15 is 0 Å². The van der Waals surface area contributed by atoms with Gasteiger partial charge in [-0.3, -0.25) is 0 Å². The van der Waals surface area contributed by atoms with E-state index in [2.05, 4.69) is 30.4 Å². The fraction of sp³-hybridized carbons (Fsp3) is 0.185. The average Bonchev–Trinajstić information content (AvgIpc) is 2.88. The molecule has 0 spiro atoms. The van der Waals surface area contributed by atoms with E-state index in [1.807, 2.05) is 24.3 Å². The van der Waals surface area contributed by atoms with Crippen molar-refractivity contribution in [2.24, 2.45) is 0 Å². The Morgan fingerprint density at radius 2 is 1.64 bits per heavy atom. The molecule has 0 bridgehead atoms. The molecule has 12 heteroatoms. The van der Waals surface area contributed by atoms with Crippen LogP contribution >= 0.6 is 15.9 Å². The number of aromatic nitrogens is 1. The van der Waals surface area contributed by atoms with Crippen molar-refractivity contribution in [1.82, 2.24) is 9.71 Å². The summed E-state index contributed by atoms with van der Waals surface area (Å²) in [5.41, 5.74) is 1.95. The summed E-state index contributed by atoms with van der Waals surface area (Å²) in [4.78, 5) is 16.5. The zero-order valence-corrected chi connectivity index (χ0v) is 23.2. The molecule has 204 valence electrons. The van der Waals surface area contributed by atoms with Crippen LogP contribution in [-0.2, 0) is 14.8 Å². The zero-order valence-electron chi connectivity index (χ0n) is 20.8. The smallest absolute Gasteiger partial charge is 0.465 e. The number of carbonyl (C=O) groups excluding carboxylic acids is 1. The van der Waals surface area contributed by atoms with Gasteiger partial charge in [-0.15, -0.1) is 13.2 Å². The van der Waals surface area contributed by atoms with Gasteiger partial charge in [0.2, 0.25) is 10.0 Å². The van der Waals surface area contributed by atoms with E-state index < -0.39 is 34.1 Å². The summed E-state index contributed by atoms with van der Waals surface area (Å²) in [5.74, 6) is -1.06. The van der Waals surface area contributed by atoms with Crippen LogP contribution < -0.4 is 9.46 Å². The zero-order chi connectivity index (χ0) is 28.5. The summed E-state index contributed by atoms with van der Waals surface area (Å²) in [6.07, 6.45) is -4.88. The summed E-state index contributed by atoms with van der Waals surface area (Å²) in [6.45, 7) is 3.36. The van der Waals surface area contributed by atoms with Crippen LogP contribution in [0.4, 0.5) is 13.2 Å². The molecule has 3 aromatic carbocycles. The average molecular weight is 623 g/mol. The number of nitrogens with one attached hydrogen (secondary N) is 1. The van der Waals surface area contributed by atoms with Crippen molar-refractivity contribution in [3.63, 3.8) is 0 Å². The second kappa shape index (κ2) is 10.9. The maximum atomic E-state index is 13.6. The first-order valence-electron chi connectivity index (χ1n) is 11.4. The summed E-state index contributed by atoms with van der Waals surface area (Å²) in [7, 11) is -3.00. The number of halogens is 4. The number of carbonyl (C=O) groups is 1. The number of aryl methyl sites for hydroxylation is 2. The predicted octanol–water partition coefficient (Wildman–Crippen LogP) is 6.37. The van der Waals surface area contributed by atoms with Gasteiger partial charge in [-0.05, 0) is 82.2 Å². The molecular formula is C27H22BrF3N2O5S. The van der Waals surface area contributed by atoms with Gasteiger partial charge >= 0.3 is 12.3 Å². The molecule has 1 unspecified atom stereocenters. The molecule has 4 rings (SSSR count). The van der Waals surface area contributed by atoms with Crippen LogP contribution in [-0.4, -0.2) is 32.8 Å². The Morgan fingerprint density at radius 3 is 2.23 bits per heavy atom. The first-order valence-corrected chi connectivity index (χ1v) is 13.7. The second-order valence-corrected chi connectivity index (χ2v) is 11.1. The minimum Gasteiger partial charge on any atom is -0.465 e. The summed E-state index contributed by atoms with van der Waals surface area (Å²) < 4.78 is 77.0. The second-order valence-electron chi connectivity index (χ2n) is 8.60. The third-order valence-corrected chi connectivity index (χ3v) is 8.09. The minimum absolute atomic E-state index is 0.118. The lowest BCUT2D eigenvalue weighted by Gasteiger charge is -2.23. The van der Waals surface area contributed by atoms with Crippen LogP contribution in [0.3, 0.4) is 0 Å². The summed E-state index contributed by atoms with van der Waals surface area (Å²) in [6, 6.07) is 15.1. The Morgan fingerprint density at radius 1 is 1.00 bits per heavy atom. The number of ether oxygens (including phenoxy) is 2. The van der Waals surface area contributed by atoms with Crippen LogP contribution in [0.5, 0.6) is 5.75 Å². The van der Waals surface area contributed by atoms with Crippen LogP contribution in [0.25, 0.3) is 10.8 Å². The first-order chi connectivity index (χ1) is 18.3. The molecule has 0 saturated carbocycles. The Hall–Kier alpha value is -3.48. The number of alkyl halides is 3. The number of sulfonamides is 1. The van der Waals surface area contributed by atoms with E-state index in [1.54, 1.807) is 13.8 Å². The number of pyridine rings is 1. The molecule has 1 aromatic heterocycles. The molecule has 7 nitrogen and oxygen atoms in total. The third-order valence-electron chi connectivity index (χ3n) is 6.06. The number of benzene rings is 3. The molecule has 0 aliphatic rings. The highest BCUT2D eigenvalue weighted by Gasteiger charge is 2.32. The van der Waals surface area contributed by atoms with Crippen LogP contribution in [0.15, 0.2) is 76.2 Å². The van der Waals surface area contributed by atoms with E-state index in [1.165, 1.54) is 37.4 Å². The fourth-order valence-electron chi connectivity index (χ4n) is 4.17. The lowest BCUT2D eigenvalue weighted by Crippen LogP contribution is -2.31. The highest BCUT2D eigenvalue weighted by atomic mass is 79.9. The monoisotopic (exact) mass is 622 g/mol. The van der Waals surface area contributed by atoms with Gasteiger partial charge in [-0.2, -0.15) is 4.72 Å². The molecule has 0 aliphatic heterocycles. The molecule has 39 heavy (non-hydrogen) atoms. The maximum Gasteiger partial charge on any atom is 0.573 e. The largest absolute Gasteiger partial charge is 0.573 e. The standard InChI is InChI=1S/C27H22BrF3N2O5S/c1-15-14-19(12-13-20(15)26(34)37-3)39(35,36)33-24(17-8-10-18(11-9-17)38-27(29,30)31)23-16(2)21-6-4-5-7-22(21)25(28)32-23/h4-14,24,33H,1-3H3. The summed E-state index contributed by atoms with van der Waals surface area (Å²) in [5, 5.41) is 1.62. The predicted molar refractivity (Wildman–Crippen MR) is 142 cm³/mol. The molecule has 1 atom stereocenters. The van der Waals surface area contributed by atoms with E-state index in [0.29, 0.717) is 27.0 Å². The van der Waals surface area contributed by atoms with E-state index in [9.17, 15) is 26.4 Å². The Kier molecular flexibility index (Phi) is 8.01. The van der Waals surface area contributed by atoms with Crippen LogP contribution in [0, 0.1) is 13.8 Å². The van der Waals surface area contributed by atoms with Crippen molar-refractivity contribution in [1.29, 1.82) is 0 Å². The van der Waals surface area contributed by atoms with Crippen LogP contribution in [0.1, 0.15) is 38.8 Å². The van der Waals surface area contributed by atoms with E-state index in [-0.39, 0.29) is 10.5 Å². The third kappa shape index (κ3) is 6.23. The lowest BCUT2D eigenvalue weighted by molar-refractivity contribution is -0.274. The number of hydrogen-bond donors (Lipinski definition) is 1. The first kappa shape index (κ1) is 28.5. The Labute approximate surface area is 231 Å².